The van der Waals surface area contributed by atoms with Crippen molar-refractivity contribution in [3.8, 4) is 0 Å². The number of carboxylic acid groups (broad SMARTS) is 1. The molecule has 0 aliphatic heterocycles. The van der Waals surface area contributed by atoms with Gasteiger partial charge in [0.05, 0.1) is 0 Å². The highest BCUT2D eigenvalue weighted by Gasteiger charge is 2.36. The number of aliphatic carboxylic acids is 1. The Morgan fingerprint density at radius 1 is 1.50 bits per heavy atom. The van der Waals surface area contributed by atoms with Crippen molar-refractivity contribution in [1.82, 2.24) is 0 Å². The SMILES string of the molecule is CC(=O)CC(O)(CC=O)C(=O)O. The van der Waals surface area contributed by atoms with Crippen LogP contribution in [0.4, 0.5) is 0 Å². The first-order valence-corrected chi connectivity index (χ1v) is 3.31. The zero-order chi connectivity index (χ0) is 9.78. The molecule has 0 saturated heterocycles. The van der Waals surface area contributed by atoms with E-state index in [1.807, 2.05) is 0 Å². The molecule has 0 aliphatic carbocycles. The molecule has 2 N–H and O–H groups in total. The number of ketones is 1. The van der Waals surface area contributed by atoms with E-state index in [-0.39, 0.29) is 6.29 Å². The summed E-state index contributed by atoms with van der Waals surface area (Å²) in [7, 11) is 0. The van der Waals surface area contributed by atoms with E-state index in [1.165, 1.54) is 0 Å². The summed E-state index contributed by atoms with van der Waals surface area (Å²) in [6, 6.07) is 0. The van der Waals surface area contributed by atoms with Crippen molar-refractivity contribution in [2.24, 2.45) is 0 Å². The Kier molecular flexibility index (Phi) is 3.56. The summed E-state index contributed by atoms with van der Waals surface area (Å²) in [6.45, 7) is 1.15. The maximum atomic E-state index is 10.5. The van der Waals surface area contributed by atoms with Gasteiger partial charge < -0.3 is 15.0 Å². The van der Waals surface area contributed by atoms with Gasteiger partial charge in [-0.25, -0.2) is 4.79 Å². The Hall–Kier alpha value is -1.23. The van der Waals surface area contributed by atoms with Crippen LogP contribution in [-0.4, -0.2) is 33.9 Å². The molecule has 0 aromatic carbocycles. The number of Topliss-reactive ketones (excluding diaryl/α,β-unsaturated/α-hetero) is 1. The van der Waals surface area contributed by atoms with Gasteiger partial charge in [0.1, 0.15) is 12.1 Å². The molecule has 12 heavy (non-hydrogen) atoms. The van der Waals surface area contributed by atoms with E-state index >= 15 is 0 Å². The minimum absolute atomic E-state index is 0.275. The summed E-state index contributed by atoms with van der Waals surface area (Å²) >= 11 is 0. The fraction of sp³-hybridized carbons (Fsp3) is 0.571. The molecule has 5 heteroatoms. The van der Waals surface area contributed by atoms with E-state index in [1.54, 1.807) is 0 Å². The average Bonchev–Trinajstić information content (AvgIpc) is 1.85. The predicted molar refractivity (Wildman–Crippen MR) is 38.6 cm³/mol. The van der Waals surface area contributed by atoms with Gasteiger partial charge in [-0.2, -0.15) is 0 Å². The third-order valence-electron chi connectivity index (χ3n) is 1.36. The van der Waals surface area contributed by atoms with E-state index < -0.39 is 30.2 Å². The summed E-state index contributed by atoms with van der Waals surface area (Å²) < 4.78 is 0. The maximum absolute atomic E-state index is 10.5. The van der Waals surface area contributed by atoms with Crippen LogP contribution in [0.5, 0.6) is 0 Å². The van der Waals surface area contributed by atoms with Crippen LogP contribution in [0.15, 0.2) is 0 Å². The van der Waals surface area contributed by atoms with Gasteiger partial charge in [-0.1, -0.05) is 0 Å². The van der Waals surface area contributed by atoms with Crippen LogP contribution < -0.4 is 0 Å². The Bertz CT molecular complexity index is 210. The molecule has 1 atom stereocenters. The average molecular weight is 174 g/mol. The number of rotatable bonds is 5. The fourth-order valence-electron chi connectivity index (χ4n) is 0.785. The van der Waals surface area contributed by atoms with Crippen molar-refractivity contribution in [2.45, 2.75) is 25.4 Å². The number of hydrogen-bond donors (Lipinski definition) is 2. The van der Waals surface area contributed by atoms with Gasteiger partial charge in [0.15, 0.2) is 5.60 Å². The third-order valence-corrected chi connectivity index (χ3v) is 1.36. The molecule has 0 rings (SSSR count). The first-order chi connectivity index (χ1) is 5.42. The van der Waals surface area contributed by atoms with Crippen LogP contribution in [0, 0.1) is 0 Å². The Morgan fingerprint density at radius 3 is 2.25 bits per heavy atom. The van der Waals surface area contributed by atoms with Gasteiger partial charge in [0, 0.05) is 12.8 Å². The van der Waals surface area contributed by atoms with Gasteiger partial charge in [-0.15, -0.1) is 0 Å². The van der Waals surface area contributed by atoms with E-state index in [2.05, 4.69) is 0 Å². The molecule has 0 heterocycles. The lowest BCUT2D eigenvalue weighted by Crippen LogP contribution is -2.40. The second kappa shape index (κ2) is 3.96. The molecule has 0 bridgehead atoms. The molecule has 0 spiro atoms. The maximum Gasteiger partial charge on any atom is 0.336 e. The molecule has 0 fully saturated rings. The molecule has 0 aromatic rings. The molecule has 0 aliphatic rings. The van der Waals surface area contributed by atoms with Crippen LogP contribution in [0.25, 0.3) is 0 Å². The van der Waals surface area contributed by atoms with E-state index in [0.29, 0.717) is 0 Å². The van der Waals surface area contributed by atoms with Crippen molar-refractivity contribution < 1.29 is 24.6 Å². The van der Waals surface area contributed by atoms with Crippen LogP contribution in [0.1, 0.15) is 19.8 Å². The van der Waals surface area contributed by atoms with Crippen LogP contribution in [0.3, 0.4) is 0 Å². The lowest BCUT2D eigenvalue weighted by atomic mass is 9.94. The second-order valence-corrected chi connectivity index (χ2v) is 2.59. The zero-order valence-electron chi connectivity index (χ0n) is 6.61. The highest BCUT2D eigenvalue weighted by molar-refractivity contribution is 5.88. The highest BCUT2D eigenvalue weighted by atomic mass is 16.4. The summed E-state index contributed by atoms with van der Waals surface area (Å²) in [5.41, 5.74) is -2.23. The molecule has 5 nitrogen and oxygen atoms in total. The van der Waals surface area contributed by atoms with Gasteiger partial charge >= 0.3 is 5.97 Å². The van der Waals surface area contributed by atoms with Crippen LogP contribution in [-0.2, 0) is 14.4 Å². The Morgan fingerprint density at radius 2 is 2.00 bits per heavy atom. The summed E-state index contributed by atoms with van der Waals surface area (Å²) in [5, 5.41) is 17.7. The third kappa shape index (κ3) is 2.79. The fourth-order valence-corrected chi connectivity index (χ4v) is 0.785. The minimum Gasteiger partial charge on any atom is -0.479 e. The lowest BCUT2D eigenvalue weighted by molar-refractivity contribution is -0.162. The quantitative estimate of drug-likeness (QED) is 0.541. The number of aliphatic hydroxyl groups is 1. The van der Waals surface area contributed by atoms with Gasteiger partial charge in [0.2, 0.25) is 0 Å². The van der Waals surface area contributed by atoms with Crippen molar-refractivity contribution in [3.63, 3.8) is 0 Å². The lowest BCUT2D eigenvalue weighted by Gasteiger charge is -2.18. The van der Waals surface area contributed by atoms with E-state index in [0.717, 1.165) is 6.92 Å². The largest absolute Gasteiger partial charge is 0.479 e. The molecular formula is C7H10O5. The summed E-state index contributed by atoms with van der Waals surface area (Å²) in [4.78, 5) is 30.9. The van der Waals surface area contributed by atoms with Gasteiger partial charge in [-0.05, 0) is 6.92 Å². The molecule has 68 valence electrons. The Balaban J connectivity index is 4.49. The van der Waals surface area contributed by atoms with Crippen molar-refractivity contribution in [1.29, 1.82) is 0 Å². The predicted octanol–water partition coefficient (Wildman–Crippen LogP) is -0.630. The molecule has 0 amide bonds. The Labute approximate surface area is 69.0 Å². The molecule has 1 unspecified atom stereocenters. The summed E-state index contributed by atoms with van der Waals surface area (Å²) in [5.74, 6) is -2.02. The van der Waals surface area contributed by atoms with Crippen LogP contribution in [0.2, 0.25) is 0 Å². The number of carbonyl (C=O) groups is 3. The molecule has 0 radical (unpaired) electrons. The minimum atomic E-state index is -2.23. The van der Waals surface area contributed by atoms with Crippen molar-refractivity contribution >= 4 is 18.0 Å². The van der Waals surface area contributed by atoms with E-state index in [4.69, 9.17) is 5.11 Å². The van der Waals surface area contributed by atoms with Crippen molar-refractivity contribution in [3.05, 3.63) is 0 Å². The standard InChI is InChI=1S/C7H10O5/c1-5(9)4-7(12,2-3-8)6(10)11/h3,12H,2,4H2,1H3,(H,10,11). The van der Waals surface area contributed by atoms with Crippen molar-refractivity contribution in [2.75, 3.05) is 0 Å². The van der Waals surface area contributed by atoms with Gasteiger partial charge in [-0.3, -0.25) is 4.79 Å². The number of carbonyl (C=O) groups excluding carboxylic acids is 2. The highest BCUT2D eigenvalue weighted by Crippen LogP contribution is 2.14. The van der Waals surface area contributed by atoms with E-state index in [9.17, 15) is 19.5 Å². The molecular weight excluding hydrogens is 164 g/mol. The summed E-state index contributed by atoms with van der Waals surface area (Å²) in [6.07, 6.45) is -0.833. The second-order valence-electron chi connectivity index (χ2n) is 2.59. The monoisotopic (exact) mass is 174 g/mol. The van der Waals surface area contributed by atoms with Crippen LogP contribution >= 0.6 is 0 Å². The van der Waals surface area contributed by atoms with Gasteiger partial charge in [0.25, 0.3) is 0 Å². The normalized spacial score (nSPS) is 14.8. The number of aldehydes is 1. The number of carboxylic acids is 1. The molecule has 0 saturated carbocycles. The topological polar surface area (TPSA) is 91.7 Å². The first kappa shape index (κ1) is 10.8. The molecule has 0 aromatic heterocycles. The first-order valence-electron chi connectivity index (χ1n) is 3.31. The number of hydrogen-bond acceptors (Lipinski definition) is 4. The smallest absolute Gasteiger partial charge is 0.336 e. The zero-order valence-corrected chi connectivity index (χ0v) is 6.61.